The Balaban J connectivity index is 1.31. The second-order valence-electron chi connectivity index (χ2n) is 13.6. The molecule has 230 valence electrons. The van der Waals surface area contributed by atoms with Gasteiger partial charge in [-0.1, -0.05) is 88.4 Å². The number of ether oxygens (including phenoxy) is 4. The highest BCUT2D eigenvalue weighted by atomic mass is 16.7. The van der Waals surface area contributed by atoms with Gasteiger partial charge in [0.1, 0.15) is 19.4 Å². The Morgan fingerprint density at radius 3 is 2.12 bits per heavy atom. The van der Waals surface area contributed by atoms with Crippen molar-refractivity contribution in [2.75, 3.05) is 20.2 Å². The molecule has 5 rings (SSSR count). The number of carbonyl (C=O) groups excluding carboxylic acids is 1. The number of benzene rings is 2. The maximum Gasteiger partial charge on any atom is 0.147 e. The lowest BCUT2D eigenvalue weighted by Gasteiger charge is -2.62. The summed E-state index contributed by atoms with van der Waals surface area (Å²) in [6.07, 6.45) is 3.98. The summed E-state index contributed by atoms with van der Waals surface area (Å²) in [7, 11) is 0. The summed E-state index contributed by atoms with van der Waals surface area (Å²) >= 11 is 0. The summed E-state index contributed by atoms with van der Waals surface area (Å²) < 4.78 is 24.5. The zero-order chi connectivity index (χ0) is 29.8. The first-order chi connectivity index (χ1) is 20.2. The lowest BCUT2D eigenvalue weighted by molar-refractivity contribution is -0.234. The van der Waals surface area contributed by atoms with E-state index in [2.05, 4.69) is 39.8 Å². The molecule has 0 radical (unpaired) electrons. The highest BCUT2D eigenvalue weighted by Crippen LogP contribution is 2.68. The van der Waals surface area contributed by atoms with Crippen LogP contribution in [-0.2, 0) is 37.0 Å². The van der Waals surface area contributed by atoms with E-state index in [0.29, 0.717) is 38.4 Å². The topological polar surface area (TPSA) is 74.2 Å². The van der Waals surface area contributed by atoms with Gasteiger partial charge in [-0.25, -0.2) is 0 Å². The van der Waals surface area contributed by atoms with Crippen LogP contribution in [0.5, 0.6) is 0 Å². The zero-order valence-electron chi connectivity index (χ0n) is 25.9. The molecule has 3 aliphatic carbocycles. The second-order valence-corrected chi connectivity index (χ2v) is 13.6. The molecule has 3 fully saturated rings. The maximum atomic E-state index is 13.8. The summed E-state index contributed by atoms with van der Waals surface area (Å²) in [6, 6.07) is 20.2. The maximum absolute atomic E-state index is 13.8. The van der Waals surface area contributed by atoms with Gasteiger partial charge in [0.2, 0.25) is 0 Å². The van der Waals surface area contributed by atoms with Crippen molar-refractivity contribution in [3.63, 3.8) is 0 Å². The van der Waals surface area contributed by atoms with Gasteiger partial charge in [0.25, 0.3) is 0 Å². The number of hydrogen-bond acceptors (Lipinski definition) is 6. The van der Waals surface area contributed by atoms with Crippen LogP contribution in [0.3, 0.4) is 0 Å². The van der Waals surface area contributed by atoms with Crippen molar-refractivity contribution in [2.24, 2.45) is 34.0 Å². The molecule has 1 unspecified atom stereocenters. The van der Waals surface area contributed by atoms with E-state index in [0.717, 1.165) is 36.8 Å². The number of aliphatic hydroxyl groups is 1. The predicted molar refractivity (Wildman–Crippen MR) is 162 cm³/mol. The minimum atomic E-state index is -0.642. The Hall–Kier alpha value is -2.09. The number of carbonyl (C=O) groups is 1. The summed E-state index contributed by atoms with van der Waals surface area (Å²) in [5.74, 6) is 0.322. The van der Waals surface area contributed by atoms with Crippen molar-refractivity contribution >= 4 is 5.78 Å². The number of aliphatic hydroxyl groups excluding tert-OH is 1. The van der Waals surface area contributed by atoms with Gasteiger partial charge in [-0.05, 0) is 65.9 Å². The zero-order valence-corrected chi connectivity index (χ0v) is 25.9. The third-order valence-electron chi connectivity index (χ3n) is 11.5. The van der Waals surface area contributed by atoms with E-state index in [1.807, 2.05) is 48.5 Å². The Labute approximate surface area is 252 Å². The first-order valence-corrected chi connectivity index (χ1v) is 15.9. The molecular weight excluding hydrogens is 528 g/mol. The Morgan fingerprint density at radius 2 is 1.50 bits per heavy atom. The van der Waals surface area contributed by atoms with Gasteiger partial charge >= 0.3 is 0 Å². The Kier molecular flexibility index (Phi) is 9.90. The van der Waals surface area contributed by atoms with Crippen LogP contribution in [0.4, 0.5) is 0 Å². The minimum absolute atomic E-state index is 0.0768. The van der Waals surface area contributed by atoms with Crippen LogP contribution < -0.4 is 0 Å². The molecule has 0 saturated heterocycles. The van der Waals surface area contributed by atoms with E-state index in [1.54, 1.807) is 0 Å². The molecule has 0 spiro atoms. The molecule has 6 heteroatoms. The van der Waals surface area contributed by atoms with Gasteiger partial charge in [0, 0.05) is 17.8 Å². The van der Waals surface area contributed by atoms with Crippen LogP contribution in [0.2, 0.25) is 0 Å². The van der Waals surface area contributed by atoms with Crippen LogP contribution in [0.15, 0.2) is 60.7 Å². The number of ketones is 1. The minimum Gasteiger partial charge on any atom is -0.393 e. The van der Waals surface area contributed by atoms with E-state index in [1.165, 1.54) is 0 Å². The third kappa shape index (κ3) is 5.98. The molecular formula is C36H50O6. The van der Waals surface area contributed by atoms with Gasteiger partial charge < -0.3 is 24.1 Å². The molecule has 0 aliphatic heterocycles. The van der Waals surface area contributed by atoms with Crippen molar-refractivity contribution in [1.29, 1.82) is 0 Å². The smallest absolute Gasteiger partial charge is 0.147 e. The first-order valence-electron chi connectivity index (χ1n) is 15.9. The van der Waals surface area contributed by atoms with Crippen LogP contribution >= 0.6 is 0 Å². The SMILES string of the molecule is CC[C@@]1(C)C[C@@H](O)[C@@]2(C)C3C(=O)CC[C@@]3(CC[C@H]2COCOCc2ccccc2)[C@@H](C)[C@@H]1OCOCc1ccccc1. The molecule has 0 amide bonds. The van der Waals surface area contributed by atoms with Crippen molar-refractivity contribution in [3.8, 4) is 0 Å². The number of rotatable bonds is 12. The third-order valence-corrected chi connectivity index (χ3v) is 11.5. The standard InChI is InChI=1S/C36H50O6/c1-5-34(3)20-31(38)35(4)29(23-41-24-39-21-27-12-8-6-9-13-27)16-18-36(19-17-30(37)32(35)36)26(2)33(34)42-25-40-22-28-14-10-7-11-15-28/h6-15,26,29,31-33,38H,5,16-25H2,1-4H3/t26-,29-,31+,32?,33-,34-,35-,36-/m0/s1. The van der Waals surface area contributed by atoms with Crippen LogP contribution in [0.1, 0.15) is 77.3 Å². The summed E-state index contributed by atoms with van der Waals surface area (Å²) in [5, 5.41) is 12.1. The molecule has 6 nitrogen and oxygen atoms in total. The summed E-state index contributed by atoms with van der Waals surface area (Å²) in [5.41, 5.74) is 1.19. The summed E-state index contributed by atoms with van der Waals surface area (Å²) in [4.78, 5) is 13.8. The average Bonchev–Trinajstić information content (AvgIpc) is 3.36. The van der Waals surface area contributed by atoms with Gasteiger partial charge in [-0.15, -0.1) is 0 Å². The van der Waals surface area contributed by atoms with Crippen LogP contribution in [0, 0.1) is 34.0 Å². The second kappa shape index (κ2) is 13.3. The molecule has 3 saturated carbocycles. The van der Waals surface area contributed by atoms with Gasteiger partial charge in [0.05, 0.1) is 32.0 Å². The predicted octanol–water partition coefficient (Wildman–Crippen LogP) is 6.94. The molecule has 2 aromatic rings. The fourth-order valence-corrected chi connectivity index (χ4v) is 8.85. The largest absolute Gasteiger partial charge is 0.393 e. The number of hydrogen-bond donors (Lipinski definition) is 1. The molecule has 0 aromatic heterocycles. The lowest BCUT2D eigenvalue weighted by Crippen LogP contribution is -2.64. The average molecular weight is 579 g/mol. The van der Waals surface area contributed by atoms with E-state index >= 15 is 0 Å². The fraction of sp³-hybridized carbons (Fsp3) is 0.639. The van der Waals surface area contributed by atoms with Crippen LogP contribution in [0.25, 0.3) is 0 Å². The van der Waals surface area contributed by atoms with E-state index in [9.17, 15) is 9.90 Å². The normalized spacial score (nSPS) is 36.3. The Morgan fingerprint density at radius 1 is 0.881 bits per heavy atom. The molecule has 0 heterocycles. The van der Waals surface area contributed by atoms with Crippen molar-refractivity contribution < 1.29 is 28.8 Å². The van der Waals surface area contributed by atoms with Crippen molar-refractivity contribution in [1.82, 2.24) is 0 Å². The summed E-state index contributed by atoms with van der Waals surface area (Å²) in [6.45, 7) is 10.8. The van der Waals surface area contributed by atoms with E-state index in [-0.39, 0.29) is 48.3 Å². The quantitative estimate of drug-likeness (QED) is 0.217. The molecule has 3 aliphatic rings. The van der Waals surface area contributed by atoms with Crippen molar-refractivity contribution in [3.05, 3.63) is 71.8 Å². The van der Waals surface area contributed by atoms with E-state index < -0.39 is 11.5 Å². The molecule has 2 aromatic carbocycles. The van der Waals surface area contributed by atoms with Gasteiger partial charge in [0.15, 0.2) is 0 Å². The van der Waals surface area contributed by atoms with Crippen LogP contribution in [-0.4, -0.2) is 43.3 Å². The monoisotopic (exact) mass is 578 g/mol. The molecule has 42 heavy (non-hydrogen) atoms. The first kappa shape index (κ1) is 31.3. The van der Waals surface area contributed by atoms with Gasteiger partial charge in [-0.2, -0.15) is 0 Å². The van der Waals surface area contributed by atoms with Gasteiger partial charge in [-0.3, -0.25) is 4.79 Å². The highest BCUT2D eigenvalue weighted by molar-refractivity contribution is 5.85. The fourth-order valence-electron chi connectivity index (χ4n) is 8.85. The highest BCUT2D eigenvalue weighted by Gasteiger charge is 2.68. The molecule has 1 N–H and O–H groups in total. The number of Topliss-reactive ketones (excluding diaryl/α,β-unsaturated/α-hetero) is 1. The van der Waals surface area contributed by atoms with Crippen molar-refractivity contribution in [2.45, 2.75) is 91.6 Å². The molecule has 2 bridgehead atoms. The molecule has 8 atom stereocenters. The van der Waals surface area contributed by atoms with E-state index in [4.69, 9.17) is 18.9 Å². The Bertz CT molecular complexity index is 1160. The lowest BCUT2D eigenvalue weighted by atomic mass is 9.43.